The molecule has 0 aliphatic rings. The number of hydrogen-bond acceptors (Lipinski definition) is 3. The molecular formula is C6H5ClN4. The smallest absolute Gasteiger partial charge is 0.200 e. The van der Waals surface area contributed by atoms with Gasteiger partial charge < -0.3 is 10.7 Å². The van der Waals surface area contributed by atoms with E-state index in [0.29, 0.717) is 16.6 Å². The molecule has 3 N–H and O–H groups in total. The number of imidazole rings is 1. The quantitative estimate of drug-likeness (QED) is 0.621. The summed E-state index contributed by atoms with van der Waals surface area (Å²) < 4.78 is 0. The van der Waals surface area contributed by atoms with Crippen LogP contribution < -0.4 is 5.73 Å². The minimum atomic E-state index is 0.356. The van der Waals surface area contributed by atoms with E-state index in [4.69, 9.17) is 17.3 Å². The molecule has 2 heterocycles. The largest absolute Gasteiger partial charge is 0.369 e. The lowest BCUT2D eigenvalue weighted by Gasteiger charge is -1.86. The molecule has 0 amide bonds. The number of H-pyrrole nitrogens is 1. The zero-order chi connectivity index (χ0) is 7.84. The van der Waals surface area contributed by atoms with E-state index in [0.717, 1.165) is 5.52 Å². The molecular weight excluding hydrogens is 164 g/mol. The Balaban J connectivity index is 2.82. The van der Waals surface area contributed by atoms with Gasteiger partial charge in [-0.05, 0) is 6.07 Å². The van der Waals surface area contributed by atoms with Crippen LogP contribution in [0.4, 0.5) is 5.95 Å². The van der Waals surface area contributed by atoms with E-state index in [1.165, 1.54) is 6.20 Å². The third kappa shape index (κ3) is 1.01. The fourth-order valence-electron chi connectivity index (χ4n) is 0.893. The van der Waals surface area contributed by atoms with E-state index < -0.39 is 0 Å². The highest BCUT2D eigenvalue weighted by atomic mass is 35.5. The molecule has 0 bridgehead atoms. The molecule has 0 unspecified atom stereocenters. The van der Waals surface area contributed by atoms with Crippen molar-refractivity contribution < 1.29 is 0 Å². The molecule has 0 spiro atoms. The highest BCUT2D eigenvalue weighted by molar-refractivity contribution is 6.31. The normalized spacial score (nSPS) is 10.6. The van der Waals surface area contributed by atoms with Gasteiger partial charge in [0.2, 0.25) is 0 Å². The maximum absolute atomic E-state index is 5.68. The first-order valence-corrected chi connectivity index (χ1v) is 3.40. The second kappa shape index (κ2) is 2.10. The van der Waals surface area contributed by atoms with Gasteiger partial charge >= 0.3 is 0 Å². The van der Waals surface area contributed by atoms with Gasteiger partial charge in [0.05, 0.1) is 10.5 Å². The lowest BCUT2D eigenvalue weighted by atomic mass is 10.4. The fourth-order valence-corrected chi connectivity index (χ4v) is 1.05. The Morgan fingerprint density at radius 3 is 3.18 bits per heavy atom. The van der Waals surface area contributed by atoms with Gasteiger partial charge in [0, 0.05) is 6.20 Å². The van der Waals surface area contributed by atoms with Crippen LogP contribution in [-0.2, 0) is 0 Å². The van der Waals surface area contributed by atoms with Crippen LogP contribution in [-0.4, -0.2) is 15.0 Å². The molecule has 0 atom stereocenters. The van der Waals surface area contributed by atoms with Gasteiger partial charge in [-0.2, -0.15) is 4.98 Å². The Morgan fingerprint density at radius 2 is 2.36 bits per heavy atom. The molecule has 0 radical (unpaired) electrons. The summed E-state index contributed by atoms with van der Waals surface area (Å²) in [6.07, 6.45) is 1.53. The number of nitrogens with two attached hydrogens (primary N) is 1. The van der Waals surface area contributed by atoms with Crippen LogP contribution >= 0.6 is 11.6 Å². The van der Waals surface area contributed by atoms with Crippen LogP contribution in [0.5, 0.6) is 0 Å². The summed E-state index contributed by atoms with van der Waals surface area (Å²) in [5.41, 5.74) is 6.74. The van der Waals surface area contributed by atoms with E-state index in [1.54, 1.807) is 6.07 Å². The number of halogens is 1. The summed E-state index contributed by atoms with van der Waals surface area (Å²) in [5, 5.41) is 0.571. The number of nitrogen functional groups attached to an aromatic ring is 1. The van der Waals surface area contributed by atoms with Gasteiger partial charge in [-0.3, -0.25) is 0 Å². The number of anilines is 1. The molecule has 2 aromatic rings. The summed E-state index contributed by atoms with van der Waals surface area (Å²) in [6.45, 7) is 0. The Labute approximate surface area is 67.4 Å². The van der Waals surface area contributed by atoms with Gasteiger partial charge in [0.25, 0.3) is 0 Å². The summed E-state index contributed by atoms with van der Waals surface area (Å²) >= 11 is 5.68. The topological polar surface area (TPSA) is 67.6 Å². The maximum atomic E-state index is 5.68. The van der Waals surface area contributed by atoms with Crippen LogP contribution in [0.3, 0.4) is 0 Å². The third-order valence-corrected chi connectivity index (χ3v) is 1.53. The zero-order valence-corrected chi connectivity index (χ0v) is 6.26. The molecule has 2 aromatic heterocycles. The summed E-state index contributed by atoms with van der Waals surface area (Å²) in [4.78, 5) is 10.7. The van der Waals surface area contributed by atoms with Crippen molar-refractivity contribution in [3.63, 3.8) is 0 Å². The molecule has 0 saturated carbocycles. The van der Waals surface area contributed by atoms with Crippen molar-refractivity contribution in [1.29, 1.82) is 0 Å². The molecule has 0 aliphatic carbocycles. The highest BCUT2D eigenvalue weighted by Gasteiger charge is 1.99. The minimum absolute atomic E-state index is 0.356. The van der Waals surface area contributed by atoms with Crippen molar-refractivity contribution in [2.75, 3.05) is 5.73 Å². The van der Waals surface area contributed by atoms with Gasteiger partial charge in [-0.15, -0.1) is 0 Å². The monoisotopic (exact) mass is 168 g/mol. The maximum Gasteiger partial charge on any atom is 0.200 e. The second-order valence-corrected chi connectivity index (χ2v) is 2.58. The summed E-state index contributed by atoms with van der Waals surface area (Å²) in [5.74, 6) is 0.356. The van der Waals surface area contributed by atoms with Crippen molar-refractivity contribution in [3.05, 3.63) is 17.3 Å². The first kappa shape index (κ1) is 6.42. The number of nitrogens with zero attached hydrogens (tertiary/aromatic N) is 2. The number of nitrogens with one attached hydrogen (secondary N) is 1. The summed E-state index contributed by atoms with van der Waals surface area (Å²) in [7, 11) is 0. The lowest BCUT2D eigenvalue weighted by molar-refractivity contribution is 1.31. The molecule has 0 fully saturated rings. The molecule has 4 nitrogen and oxygen atoms in total. The Hall–Kier alpha value is -1.29. The number of rotatable bonds is 0. The average molecular weight is 169 g/mol. The SMILES string of the molecule is Nc1nc2ncc(Cl)cc2[nH]1. The minimum Gasteiger partial charge on any atom is -0.369 e. The van der Waals surface area contributed by atoms with Crippen molar-refractivity contribution in [3.8, 4) is 0 Å². The number of fused-ring (bicyclic) bond motifs is 1. The second-order valence-electron chi connectivity index (χ2n) is 2.15. The van der Waals surface area contributed by atoms with Gasteiger partial charge in [-0.25, -0.2) is 4.98 Å². The van der Waals surface area contributed by atoms with E-state index in [-0.39, 0.29) is 0 Å². The first-order valence-electron chi connectivity index (χ1n) is 3.02. The van der Waals surface area contributed by atoms with Crippen LogP contribution in [0.1, 0.15) is 0 Å². The Kier molecular flexibility index (Phi) is 1.22. The molecule has 0 saturated heterocycles. The van der Waals surface area contributed by atoms with E-state index >= 15 is 0 Å². The van der Waals surface area contributed by atoms with Crippen LogP contribution in [0.15, 0.2) is 12.3 Å². The summed E-state index contributed by atoms with van der Waals surface area (Å²) in [6, 6.07) is 1.73. The van der Waals surface area contributed by atoms with Gasteiger partial charge in [-0.1, -0.05) is 11.6 Å². The van der Waals surface area contributed by atoms with E-state index in [1.807, 2.05) is 0 Å². The van der Waals surface area contributed by atoms with E-state index in [9.17, 15) is 0 Å². The van der Waals surface area contributed by atoms with Crippen molar-refractivity contribution in [2.45, 2.75) is 0 Å². The first-order chi connectivity index (χ1) is 5.25. The average Bonchev–Trinajstić information content (AvgIpc) is 2.27. The predicted octanol–water partition coefficient (Wildman–Crippen LogP) is 1.19. The van der Waals surface area contributed by atoms with Crippen LogP contribution in [0, 0.1) is 0 Å². The van der Waals surface area contributed by atoms with Gasteiger partial charge in [0.1, 0.15) is 0 Å². The molecule has 2 rings (SSSR count). The highest BCUT2D eigenvalue weighted by Crippen LogP contribution is 2.14. The number of aromatic amines is 1. The Bertz CT molecular complexity index is 394. The molecule has 0 aromatic carbocycles. The predicted molar refractivity (Wildman–Crippen MR) is 43.3 cm³/mol. The van der Waals surface area contributed by atoms with Crippen molar-refractivity contribution in [2.24, 2.45) is 0 Å². The third-order valence-electron chi connectivity index (χ3n) is 1.32. The molecule has 56 valence electrons. The fraction of sp³-hybridized carbons (Fsp3) is 0. The van der Waals surface area contributed by atoms with Crippen molar-refractivity contribution >= 4 is 28.7 Å². The number of pyridine rings is 1. The standard InChI is InChI=1S/C6H5ClN4/c7-3-1-4-5(9-2-3)11-6(8)10-4/h1-2H,(H3,8,9,10,11). The molecule has 5 heteroatoms. The van der Waals surface area contributed by atoms with Gasteiger partial charge in [0.15, 0.2) is 11.6 Å². The Morgan fingerprint density at radius 1 is 1.55 bits per heavy atom. The van der Waals surface area contributed by atoms with Crippen LogP contribution in [0.2, 0.25) is 5.02 Å². The van der Waals surface area contributed by atoms with E-state index in [2.05, 4.69) is 15.0 Å². The molecule has 0 aliphatic heterocycles. The van der Waals surface area contributed by atoms with Crippen LogP contribution in [0.25, 0.3) is 11.2 Å². The molecule has 11 heavy (non-hydrogen) atoms. The number of aromatic nitrogens is 3. The zero-order valence-electron chi connectivity index (χ0n) is 5.50. The lowest BCUT2D eigenvalue weighted by Crippen LogP contribution is -1.84. The van der Waals surface area contributed by atoms with Crippen molar-refractivity contribution in [1.82, 2.24) is 15.0 Å². The number of hydrogen-bond donors (Lipinski definition) is 2.